The van der Waals surface area contributed by atoms with Crippen molar-refractivity contribution < 1.29 is 9.88 Å². The summed E-state index contributed by atoms with van der Waals surface area (Å²) >= 11 is 0. The van der Waals surface area contributed by atoms with Gasteiger partial charge < -0.3 is 0 Å². The number of hydrogen-bond donors (Lipinski definition) is 0. The molecule has 3 heteroatoms. The van der Waals surface area contributed by atoms with E-state index in [1.807, 2.05) is 5.06 Å². The highest BCUT2D eigenvalue weighted by molar-refractivity contribution is 4.52. The minimum absolute atomic E-state index is 0.721. The van der Waals surface area contributed by atoms with Gasteiger partial charge in [-0.05, 0) is 6.42 Å². The van der Waals surface area contributed by atoms with Crippen LogP contribution in [0.1, 0.15) is 110 Å². The molecular weight excluding hydrogens is 286 g/mol. The molecule has 138 valence electrons. The molecule has 0 radical (unpaired) electrons. The van der Waals surface area contributed by atoms with Crippen LogP contribution in [0.2, 0.25) is 0 Å². The molecule has 0 spiro atoms. The summed E-state index contributed by atoms with van der Waals surface area (Å²) in [5, 5.41) is 1.93. The van der Waals surface area contributed by atoms with E-state index in [4.69, 9.17) is 9.88 Å². The van der Waals surface area contributed by atoms with Crippen molar-refractivity contribution in [3.63, 3.8) is 0 Å². The van der Waals surface area contributed by atoms with Gasteiger partial charge in [0.15, 0.2) is 0 Å². The smallest absolute Gasteiger partial charge is 0.0993 e. The van der Waals surface area contributed by atoms with Gasteiger partial charge in [0, 0.05) is 6.54 Å². The summed E-state index contributed by atoms with van der Waals surface area (Å²) in [7, 11) is 0. The maximum Gasteiger partial charge on any atom is 0.0993 e. The van der Waals surface area contributed by atoms with E-state index in [0.29, 0.717) is 0 Å². The van der Waals surface area contributed by atoms with E-state index in [0.717, 1.165) is 19.7 Å². The van der Waals surface area contributed by atoms with Crippen molar-refractivity contribution in [1.29, 1.82) is 0 Å². The second-order valence-electron chi connectivity index (χ2n) is 7.13. The van der Waals surface area contributed by atoms with E-state index in [-0.39, 0.29) is 0 Å². The molecule has 1 fully saturated rings. The van der Waals surface area contributed by atoms with Crippen LogP contribution in [0.5, 0.6) is 0 Å². The standard InChI is InChI=1S/C20H41NO2/c1-2-3-4-5-6-7-8-9-10-11-12-13-14-15-16-17-18-21-19-20-22-23-21/h2-20H2,1H3. The highest BCUT2D eigenvalue weighted by atomic mass is 17.3. The van der Waals surface area contributed by atoms with Crippen molar-refractivity contribution in [2.45, 2.75) is 110 Å². The molecular formula is C20H41NO2. The predicted octanol–water partition coefficient (Wildman–Crippen LogP) is 6.43. The lowest BCUT2D eigenvalue weighted by Gasteiger charge is -2.09. The summed E-state index contributed by atoms with van der Waals surface area (Å²) in [4.78, 5) is 9.87. The molecule has 1 rings (SSSR count). The Hall–Kier alpha value is -0.120. The normalized spacial score (nSPS) is 15.5. The fraction of sp³-hybridized carbons (Fsp3) is 1.00. The maximum atomic E-state index is 5.01. The maximum absolute atomic E-state index is 5.01. The zero-order valence-corrected chi connectivity index (χ0v) is 15.7. The quantitative estimate of drug-likeness (QED) is 0.227. The highest BCUT2D eigenvalue weighted by Gasteiger charge is 2.12. The zero-order chi connectivity index (χ0) is 16.4. The Morgan fingerprint density at radius 2 is 1.04 bits per heavy atom. The molecule has 0 atom stereocenters. The SMILES string of the molecule is CCCCCCCCCCCCCCCCCCN1CCOO1. The second-order valence-corrected chi connectivity index (χ2v) is 7.13. The minimum Gasteiger partial charge on any atom is -0.216 e. The first kappa shape index (κ1) is 20.9. The Morgan fingerprint density at radius 1 is 0.609 bits per heavy atom. The van der Waals surface area contributed by atoms with Gasteiger partial charge in [-0.3, -0.25) is 0 Å². The van der Waals surface area contributed by atoms with Crippen LogP contribution in [0.4, 0.5) is 0 Å². The fourth-order valence-corrected chi connectivity index (χ4v) is 3.27. The molecule has 0 aromatic carbocycles. The Labute approximate surface area is 145 Å². The van der Waals surface area contributed by atoms with Crippen LogP contribution >= 0.6 is 0 Å². The molecule has 0 N–H and O–H groups in total. The van der Waals surface area contributed by atoms with Crippen molar-refractivity contribution >= 4 is 0 Å². The first-order valence-corrected chi connectivity index (χ1v) is 10.5. The Balaban J connectivity index is 1.64. The Kier molecular flexibility index (Phi) is 15.2. The van der Waals surface area contributed by atoms with Gasteiger partial charge in [0.25, 0.3) is 0 Å². The number of unbranched alkanes of at least 4 members (excludes halogenated alkanes) is 15. The monoisotopic (exact) mass is 327 g/mol. The van der Waals surface area contributed by atoms with Crippen LogP contribution in [-0.2, 0) is 9.88 Å². The van der Waals surface area contributed by atoms with Crippen LogP contribution in [0.25, 0.3) is 0 Å². The molecule has 0 saturated carbocycles. The van der Waals surface area contributed by atoms with Crippen LogP contribution in [-0.4, -0.2) is 24.8 Å². The summed E-state index contributed by atoms with van der Waals surface area (Å²) in [6, 6.07) is 0. The van der Waals surface area contributed by atoms with Crippen molar-refractivity contribution in [3.05, 3.63) is 0 Å². The summed E-state index contributed by atoms with van der Waals surface area (Å²) in [6.45, 7) is 4.97. The number of rotatable bonds is 17. The fourth-order valence-electron chi connectivity index (χ4n) is 3.27. The first-order valence-electron chi connectivity index (χ1n) is 10.5. The van der Waals surface area contributed by atoms with Gasteiger partial charge in [-0.15, -0.1) is 4.99 Å². The molecule has 23 heavy (non-hydrogen) atoms. The van der Waals surface area contributed by atoms with Gasteiger partial charge >= 0.3 is 0 Å². The van der Waals surface area contributed by atoms with Crippen LogP contribution in [0.15, 0.2) is 0 Å². The summed E-state index contributed by atoms with van der Waals surface area (Å²) < 4.78 is 0. The lowest BCUT2D eigenvalue weighted by atomic mass is 10.0. The number of nitrogens with zero attached hydrogens (tertiary/aromatic N) is 1. The highest BCUT2D eigenvalue weighted by Crippen LogP contribution is 2.14. The van der Waals surface area contributed by atoms with Crippen molar-refractivity contribution in [2.75, 3.05) is 19.7 Å². The van der Waals surface area contributed by atoms with Crippen LogP contribution in [0, 0.1) is 0 Å². The lowest BCUT2D eigenvalue weighted by Crippen LogP contribution is -2.19. The lowest BCUT2D eigenvalue weighted by molar-refractivity contribution is -0.370. The molecule has 1 heterocycles. The van der Waals surface area contributed by atoms with Gasteiger partial charge in [0.1, 0.15) is 0 Å². The molecule has 1 aliphatic rings. The molecule has 1 aliphatic heterocycles. The van der Waals surface area contributed by atoms with Gasteiger partial charge in [-0.25, -0.2) is 4.89 Å². The van der Waals surface area contributed by atoms with E-state index >= 15 is 0 Å². The van der Waals surface area contributed by atoms with Gasteiger partial charge in [0.2, 0.25) is 0 Å². The first-order chi connectivity index (χ1) is 11.4. The minimum atomic E-state index is 0.721. The second kappa shape index (κ2) is 16.7. The van der Waals surface area contributed by atoms with Crippen molar-refractivity contribution in [3.8, 4) is 0 Å². The molecule has 0 bridgehead atoms. The van der Waals surface area contributed by atoms with Gasteiger partial charge in [0.05, 0.1) is 13.2 Å². The predicted molar refractivity (Wildman–Crippen MR) is 98.2 cm³/mol. The van der Waals surface area contributed by atoms with Crippen LogP contribution < -0.4 is 0 Å². The number of hydrogen-bond acceptors (Lipinski definition) is 3. The molecule has 0 aromatic heterocycles. The molecule has 1 saturated heterocycles. The largest absolute Gasteiger partial charge is 0.216 e. The van der Waals surface area contributed by atoms with Gasteiger partial charge in [-0.1, -0.05) is 103 Å². The van der Waals surface area contributed by atoms with Crippen LogP contribution in [0.3, 0.4) is 0 Å². The van der Waals surface area contributed by atoms with E-state index in [9.17, 15) is 0 Å². The molecule has 0 amide bonds. The van der Waals surface area contributed by atoms with E-state index < -0.39 is 0 Å². The summed E-state index contributed by atoms with van der Waals surface area (Å²) in [5.41, 5.74) is 0. The van der Waals surface area contributed by atoms with E-state index in [1.165, 1.54) is 103 Å². The average Bonchev–Trinajstić information content (AvgIpc) is 3.08. The summed E-state index contributed by atoms with van der Waals surface area (Å²) in [5.74, 6) is 0. The molecule has 0 aliphatic carbocycles. The third-order valence-electron chi connectivity index (χ3n) is 4.84. The Bertz CT molecular complexity index is 230. The topological polar surface area (TPSA) is 21.7 Å². The zero-order valence-electron chi connectivity index (χ0n) is 15.7. The van der Waals surface area contributed by atoms with Crippen molar-refractivity contribution in [2.24, 2.45) is 0 Å². The average molecular weight is 328 g/mol. The third kappa shape index (κ3) is 14.0. The number of hydroxylamine groups is 2. The Morgan fingerprint density at radius 3 is 1.43 bits per heavy atom. The van der Waals surface area contributed by atoms with Crippen molar-refractivity contribution in [1.82, 2.24) is 5.06 Å². The summed E-state index contributed by atoms with van der Waals surface area (Å²) in [6.07, 6.45) is 22.7. The molecule has 0 aromatic rings. The van der Waals surface area contributed by atoms with Gasteiger partial charge in [-0.2, -0.15) is 5.06 Å². The van der Waals surface area contributed by atoms with E-state index in [2.05, 4.69) is 6.92 Å². The van der Waals surface area contributed by atoms with E-state index in [1.54, 1.807) is 0 Å². The molecule has 3 nitrogen and oxygen atoms in total. The molecule has 0 unspecified atom stereocenters. The third-order valence-corrected chi connectivity index (χ3v) is 4.84.